The lowest BCUT2D eigenvalue weighted by atomic mass is 10.1. The molecule has 0 saturated heterocycles. The summed E-state index contributed by atoms with van der Waals surface area (Å²) in [6.45, 7) is 8.09. The normalized spacial score (nSPS) is 15.9. The van der Waals surface area contributed by atoms with Crippen LogP contribution < -0.4 is 16.1 Å². The van der Waals surface area contributed by atoms with Gasteiger partial charge in [-0.2, -0.15) is 4.98 Å². The number of hydrogen-bond donors (Lipinski definition) is 0. The first-order valence-electron chi connectivity index (χ1n) is 10.9. The topological polar surface area (TPSA) is 65.1 Å². The summed E-state index contributed by atoms with van der Waals surface area (Å²) in [4.78, 5) is 33.6. The minimum Gasteiger partial charge on any atom is -0.312 e. The zero-order valence-electron chi connectivity index (χ0n) is 18.9. The van der Waals surface area contributed by atoms with Gasteiger partial charge in [0, 0.05) is 25.8 Å². The van der Waals surface area contributed by atoms with Crippen molar-refractivity contribution >= 4 is 22.8 Å². The van der Waals surface area contributed by atoms with E-state index >= 15 is 0 Å². The maximum Gasteiger partial charge on any atom is 0.332 e. The van der Waals surface area contributed by atoms with Gasteiger partial charge in [0.25, 0.3) is 5.56 Å². The lowest BCUT2D eigenvalue weighted by molar-refractivity contribution is 0.458. The summed E-state index contributed by atoms with van der Waals surface area (Å²) < 4.78 is 4.79. The van der Waals surface area contributed by atoms with Crippen LogP contribution in [0.2, 0.25) is 0 Å². The van der Waals surface area contributed by atoms with E-state index in [1.807, 2.05) is 34.9 Å². The Hall–Kier alpha value is -3.61. The molecule has 0 N–H and O–H groups in total. The van der Waals surface area contributed by atoms with Gasteiger partial charge in [-0.25, -0.2) is 4.79 Å². The third-order valence-electron chi connectivity index (χ3n) is 6.43. The zero-order valence-corrected chi connectivity index (χ0v) is 18.9. The van der Waals surface area contributed by atoms with E-state index in [0.29, 0.717) is 29.6 Å². The highest BCUT2D eigenvalue weighted by molar-refractivity contribution is 5.77. The van der Waals surface area contributed by atoms with Crippen LogP contribution in [0.25, 0.3) is 11.2 Å². The highest BCUT2D eigenvalue weighted by atomic mass is 16.2. The van der Waals surface area contributed by atoms with Gasteiger partial charge >= 0.3 is 5.69 Å². The number of benzene rings is 2. The Kier molecular flexibility index (Phi) is 4.77. The predicted octanol–water partition coefficient (Wildman–Crippen LogP) is 3.35. The summed E-state index contributed by atoms with van der Waals surface area (Å²) in [6.07, 6.45) is 0. The number of aromatic nitrogens is 4. The molecule has 7 heteroatoms. The molecule has 0 bridgehead atoms. The van der Waals surface area contributed by atoms with E-state index in [9.17, 15) is 9.59 Å². The van der Waals surface area contributed by atoms with Crippen LogP contribution in [0.3, 0.4) is 0 Å². The van der Waals surface area contributed by atoms with Gasteiger partial charge < -0.3 is 9.47 Å². The van der Waals surface area contributed by atoms with Crippen LogP contribution in [0.5, 0.6) is 0 Å². The SMILES string of the molecule is Cc1ccc(N2C[C@@H](C)Cn3c2nc2c3c(=O)n(Cc3ccccc3)c(=O)n2C)cc1C. The van der Waals surface area contributed by atoms with Gasteiger partial charge in [-0.3, -0.25) is 13.9 Å². The molecule has 7 nitrogen and oxygen atoms in total. The first-order chi connectivity index (χ1) is 15.3. The summed E-state index contributed by atoms with van der Waals surface area (Å²) in [5.74, 6) is 1.03. The molecule has 2 aromatic carbocycles. The van der Waals surface area contributed by atoms with Crippen LogP contribution >= 0.6 is 0 Å². The van der Waals surface area contributed by atoms with Crippen molar-refractivity contribution in [2.45, 2.75) is 33.9 Å². The van der Waals surface area contributed by atoms with Crippen LogP contribution in [0, 0.1) is 19.8 Å². The van der Waals surface area contributed by atoms with E-state index in [4.69, 9.17) is 4.98 Å². The molecule has 2 aromatic heterocycles. The lowest BCUT2D eigenvalue weighted by Crippen LogP contribution is -2.40. The summed E-state index contributed by atoms with van der Waals surface area (Å²) >= 11 is 0. The van der Waals surface area contributed by atoms with Gasteiger partial charge in [-0.05, 0) is 48.6 Å². The Morgan fingerprint density at radius 1 is 1.00 bits per heavy atom. The molecule has 1 aliphatic heterocycles. The van der Waals surface area contributed by atoms with Gasteiger partial charge in [-0.15, -0.1) is 0 Å². The molecular weight excluding hydrogens is 402 g/mol. The first kappa shape index (κ1) is 20.3. The lowest BCUT2D eigenvalue weighted by Gasteiger charge is -2.33. The molecule has 32 heavy (non-hydrogen) atoms. The van der Waals surface area contributed by atoms with Crippen molar-refractivity contribution in [2.24, 2.45) is 13.0 Å². The molecule has 3 heterocycles. The number of nitrogens with zero attached hydrogens (tertiary/aromatic N) is 5. The molecule has 1 atom stereocenters. The molecule has 164 valence electrons. The zero-order chi connectivity index (χ0) is 22.6. The van der Waals surface area contributed by atoms with Crippen molar-refractivity contribution in [3.63, 3.8) is 0 Å². The van der Waals surface area contributed by atoms with Crippen LogP contribution in [0.1, 0.15) is 23.6 Å². The van der Waals surface area contributed by atoms with Crippen molar-refractivity contribution in [1.82, 2.24) is 18.7 Å². The highest BCUT2D eigenvalue weighted by Crippen LogP contribution is 2.33. The van der Waals surface area contributed by atoms with Gasteiger partial charge in [0.05, 0.1) is 6.54 Å². The fourth-order valence-electron chi connectivity index (χ4n) is 4.52. The second-order valence-electron chi connectivity index (χ2n) is 8.90. The van der Waals surface area contributed by atoms with E-state index in [1.54, 1.807) is 7.05 Å². The predicted molar refractivity (Wildman–Crippen MR) is 127 cm³/mol. The van der Waals surface area contributed by atoms with Gasteiger partial charge in [0.1, 0.15) is 0 Å². The Labute approximate surface area is 186 Å². The van der Waals surface area contributed by atoms with Crippen molar-refractivity contribution in [3.8, 4) is 0 Å². The van der Waals surface area contributed by atoms with Crippen LogP contribution in [-0.4, -0.2) is 25.2 Å². The van der Waals surface area contributed by atoms with Gasteiger partial charge in [0.15, 0.2) is 11.2 Å². The number of anilines is 2. The van der Waals surface area contributed by atoms with E-state index < -0.39 is 0 Å². The van der Waals surface area contributed by atoms with Crippen LogP contribution in [-0.2, 0) is 20.1 Å². The maximum atomic E-state index is 13.6. The Morgan fingerprint density at radius 3 is 2.47 bits per heavy atom. The van der Waals surface area contributed by atoms with Crippen molar-refractivity contribution in [1.29, 1.82) is 0 Å². The Bertz CT molecular complexity index is 1450. The van der Waals surface area contributed by atoms with Crippen LogP contribution in [0.4, 0.5) is 11.6 Å². The second-order valence-corrected chi connectivity index (χ2v) is 8.90. The third kappa shape index (κ3) is 3.16. The van der Waals surface area contributed by atoms with E-state index in [0.717, 1.165) is 17.8 Å². The molecule has 0 fully saturated rings. The van der Waals surface area contributed by atoms with Gasteiger partial charge in [0.2, 0.25) is 5.95 Å². The molecule has 0 spiro atoms. The summed E-state index contributed by atoms with van der Waals surface area (Å²) in [7, 11) is 1.69. The fourth-order valence-corrected chi connectivity index (χ4v) is 4.52. The molecule has 5 rings (SSSR count). The largest absolute Gasteiger partial charge is 0.332 e. The average Bonchev–Trinajstić information content (AvgIpc) is 3.17. The van der Waals surface area contributed by atoms with Crippen molar-refractivity contribution < 1.29 is 0 Å². The summed E-state index contributed by atoms with van der Waals surface area (Å²) in [6, 6.07) is 15.9. The molecule has 0 amide bonds. The van der Waals surface area contributed by atoms with Crippen molar-refractivity contribution in [2.75, 3.05) is 11.4 Å². The minimum atomic E-state index is -0.354. The number of hydrogen-bond acceptors (Lipinski definition) is 4. The standard InChI is InChI=1S/C25H27N5O2/c1-16-13-28(20-11-10-17(2)18(3)12-20)24-26-22-21(29(24)14-16)23(31)30(25(32)27(22)4)15-19-8-6-5-7-9-19/h5-12,16H,13-15H2,1-4H3/t16-/m1/s1. The van der Waals surface area contributed by atoms with E-state index in [2.05, 4.69) is 43.9 Å². The highest BCUT2D eigenvalue weighted by Gasteiger charge is 2.30. The number of fused-ring (bicyclic) bond motifs is 3. The molecule has 0 saturated carbocycles. The number of aryl methyl sites for hydroxylation is 3. The first-order valence-corrected chi connectivity index (χ1v) is 10.9. The van der Waals surface area contributed by atoms with Gasteiger partial charge in [-0.1, -0.05) is 43.3 Å². The molecule has 0 radical (unpaired) electrons. The molecule has 0 unspecified atom stereocenters. The smallest absolute Gasteiger partial charge is 0.312 e. The third-order valence-corrected chi connectivity index (χ3v) is 6.43. The molecular formula is C25H27N5O2. The Balaban J connectivity index is 1.73. The minimum absolute atomic E-state index is 0.235. The average molecular weight is 430 g/mol. The maximum absolute atomic E-state index is 13.6. The molecule has 1 aliphatic rings. The monoisotopic (exact) mass is 429 g/mol. The second kappa shape index (κ2) is 7.51. The summed E-state index contributed by atoms with van der Waals surface area (Å²) in [5.41, 5.74) is 4.67. The molecule has 0 aliphatic carbocycles. The Morgan fingerprint density at radius 2 is 1.75 bits per heavy atom. The number of rotatable bonds is 3. The van der Waals surface area contributed by atoms with Crippen molar-refractivity contribution in [3.05, 3.63) is 86.1 Å². The quantitative estimate of drug-likeness (QED) is 0.501. The van der Waals surface area contributed by atoms with E-state index in [1.165, 1.54) is 20.3 Å². The fraction of sp³-hybridized carbons (Fsp3) is 0.320. The summed E-state index contributed by atoms with van der Waals surface area (Å²) in [5, 5.41) is 0. The molecule has 4 aromatic rings. The van der Waals surface area contributed by atoms with Crippen LogP contribution in [0.15, 0.2) is 58.1 Å². The van der Waals surface area contributed by atoms with E-state index in [-0.39, 0.29) is 17.8 Å². The number of imidazole rings is 1.